The zero-order valence-corrected chi connectivity index (χ0v) is 70.6. The largest absolute Gasteiger partial charge is 4.00 e. The summed E-state index contributed by atoms with van der Waals surface area (Å²) < 4.78 is 4.86. The van der Waals surface area contributed by atoms with Gasteiger partial charge in [-0.25, -0.2) is 0 Å². The fourth-order valence-electron chi connectivity index (χ4n) is 5.82. The van der Waals surface area contributed by atoms with Crippen molar-refractivity contribution < 1.29 is 42.1 Å². The summed E-state index contributed by atoms with van der Waals surface area (Å²) in [7, 11) is 0. The maximum atomic E-state index is 4.87. The van der Waals surface area contributed by atoms with Crippen molar-refractivity contribution in [3.05, 3.63) is 0 Å². The van der Waals surface area contributed by atoms with Crippen LogP contribution in [0.4, 0.5) is 0 Å². The van der Waals surface area contributed by atoms with Crippen molar-refractivity contribution in [2.75, 3.05) is 105 Å². The maximum absolute atomic E-state index is 4.87. The maximum Gasteiger partial charge on any atom is 4.00 e. The van der Waals surface area contributed by atoms with Crippen LogP contribution in [0.5, 0.6) is 0 Å². The predicted molar refractivity (Wildman–Crippen MR) is 417 cm³/mol. The van der Waals surface area contributed by atoms with Crippen molar-refractivity contribution in [1.82, 2.24) is 39.2 Å². The normalized spacial score (nSPS) is 9.17. The molecule has 0 spiro atoms. The van der Waals surface area contributed by atoms with Crippen molar-refractivity contribution in [2.24, 2.45) is 0 Å². The predicted octanol–water partition coefficient (Wildman–Crippen LogP) is 15.5. The Labute approximate surface area is 625 Å². The molecule has 82 heavy (non-hydrogen) atoms. The number of hydrogen-bond acceptors (Lipinski definition) is 16. The van der Waals surface area contributed by atoms with Gasteiger partial charge < -0.3 is 238 Å². The summed E-state index contributed by atoms with van der Waals surface area (Å²) in [4.78, 5) is 16.4. The van der Waals surface area contributed by atoms with Crippen LogP contribution in [-0.4, -0.2) is 178 Å². The summed E-state index contributed by atoms with van der Waals surface area (Å²) in [6, 6.07) is 0. The quantitative estimate of drug-likeness (QED) is 0.0363. The molecule has 0 aromatic carbocycles. The van der Waals surface area contributed by atoms with Crippen molar-refractivity contribution in [3.8, 4) is 0 Å². The second kappa shape index (κ2) is 83.3. The summed E-state index contributed by atoms with van der Waals surface area (Å²) in [5, 5.41) is 0. The van der Waals surface area contributed by atoms with E-state index in [2.05, 4.69) is 111 Å². The molecule has 0 aliphatic rings. The van der Waals surface area contributed by atoms with Gasteiger partial charge in [0.25, 0.3) is 0 Å². The van der Waals surface area contributed by atoms with Gasteiger partial charge in [0, 0.05) is 105 Å². The molecule has 0 aliphatic heterocycles. The molecular formula is C56H112Mo2N8S16. The van der Waals surface area contributed by atoms with Crippen molar-refractivity contribution in [1.29, 1.82) is 0 Å². The van der Waals surface area contributed by atoms with Gasteiger partial charge in [-0.05, 0) is 107 Å². The minimum absolute atomic E-state index is 0. The van der Waals surface area contributed by atoms with Crippen molar-refractivity contribution in [3.63, 3.8) is 0 Å². The van der Waals surface area contributed by atoms with Gasteiger partial charge in [0.2, 0.25) is 0 Å². The van der Waals surface area contributed by atoms with Crippen LogP contribution < -0.4 is 0 Å². The molecule has 26 heteroatoms. The van der Waals surface area contributed by atoms with Crippen LogP contribution in [0, 0.1) is 0 Å². The van der Waals surface area contributed by atoms with Crippen LogP contribution in [-0.2, 0) is 143 Å². The van der Waals surface area contributed by atoms with Gasteiger partial charge in [0.1, 0.15) is 0 Å². The number of nitrogens with zero attached hydrogens (tertiary/aromatic N) is 8. The molecule has 0 amide bonds. The average Bonchev–Trinajstić information content (AvgIpc) is 3.41. The van der Waals surface area contributed by atoms with Gasteiger partial charge in [-0.2, -0.15) is 0 Å². The molecule has 0 rings (SSSR count). The first-order valence-electron chi connectivity index (χ1n) is 29.4. The van der Waals surface area contributed by atoms with Gasteiger partial charge in [0.05, 0.1) is 0 Å². The molecule has 0 bridgehead atoms. The van der Waals surface area contributed by atoms with Crippen molar-refractivity contribution >= 4 is 233 Å². The van der Waals surface area contributed by atoms with Crippen molar-refractivity contribution in [2.45, 2.75) is 214 Å². The van der Waals surface area contributed by atoms with Crippen LogP contribution in [0.1, 0.15) is 214 Å². The molecule has 0 aromatic heterocycles. The Kier molecular flexibility index (Phi) is 108. The molecule has 0 saturated heterocycles. The van der Waals surface area contributed by atoms with E-state index >= 15 is 0 Å². The number of thiocarbonyl (C=S) groups is 8. The third-order valence-electron chi connectivity index (χ3n) is 11.4. The van der Waals surface area contributed by atoms with Gasteiger partial charge >= 0.3 is 42.1 Å². The molecule has 0 aromatic rings. The Morgan fingerprint density at radius 2 is 0.268 bits per heavy atom. The van der Waals surface area contributed by atoms with E-state index < -0.39 is 0 Å². The first-order chi connectivity index (χ1) is 37.7. The number of unbranched alkanes of at least 4 members (excludes halogenated alkanes) is 8. The van der Waals surface area contributed by atoms with Crippen LogP contribution in [0.2, 0.25) is 0 Å². The smallest absolute Gasteiger partial charge is 0.411 e. The Hall–Kier alpha value is 2.26. The van der Waals surface area contributed by atoms with E-state index in [1.807, 2.05) is 39.2 Å². The van der Waals surface area contributed by atoms with Gasteiger partial charge in [-0.15, -0.1) is 0 Å². The summed E-state index contributed by atoms with van der Waals surface area (Å²) in [6.07, 6.45) is 19.1. The molecule has 0 saturated carbocycles. The number of rotatable bonds is 32. The SMILES string of the molecule is CCCCN(CC)C(=S)[S-].CCCCN(CC)C(=S)[S-].CCCCN(CC)C(=S)[S-].CCCCN(CC)C(=S)[S-].CCCCN(CC)C(=S)[S-].CCCCN(CC)C(=S)[S-].CCCCN(CC)C(=S)[S-].CCCCN(CC)C(=S)[S-].[Mo+4].[Mo+4]. The van der Waals surface area contributed by atoms with E-state index in [-0.39, 0.29) is 42.1 Å². The monoisotopic (exact) mass is 1600 g/mol. The zero-order valence-electron chi connectivity index (χ0n) is 53.6. The van der Waals surface area contributed by atoms with Gasteiger partial charge in [-0.3, -0.25) is 0 Å². The van der Waals surface area contributed by atoms with E-state index in [0.29, 0.717) is 34.6 Å². The van der Waals surface area contributed by atoms with Crippen LogP contribution in [0.25, 0.3) is 0 Å². The summed E-state index contributed by atoms with van der Waals surface area (Å²) in [6.45, 7) is 49.7. The van der Waals surface area contributed by atoms with Gasteiger partial charge in [-0.1, -0.05) is 141 Å². The molecule has 0 unspecified atom stereocenters. The van der Waals surface area contributed by atoms with Gasteiger partial charge in [0.15, 0.2) is 0 Å². The molecule has 0 atom stereocenters. The first kappa shape index (κ1) is 106. The fourth-order valence-corrected chi connectivity index (χ4v) is 9.35. The van der Waals surface area contributed by atoms with E-state index in [4.69, 9.17) is 199 Å². The fraction of sp³-hybridized carbons (Fsp3) is 0.857. The van der Waals surface area contributed by atoms with Crippen LogP contribution in [0.3, 0.4) is 0 Å². The van der Waals surface area contributed by atoms with Crippen LogP contribution in [0.15, 0.2) is 0 Å². The molecule has 0 aliphatic carbocycles. The third kappa shape index (κ3) is 80.3. The summed E-state index contributed by atoms with van der Waals surface area (Å²) >= 11 is 77.9. The van der Waals surface area contributed by atoms with E-state index in [0.717, 1.165) is 105 Å². The second-order valence-electron chi connectivity index (χ2n) is 17.6. The first-order valence-corrected chi connectivity index (χ1v) is 36.0. The minimum atomic E-state index is 0. The number of hydrogen-bond donors (Lipinski definition) is 0. The molecule has 484 valence electrons. The Morgan fingerprint density at radius 1 is 0.195 bits per heavy atom. The van der Waals surface area contributed by atoms with E-state index in [1.54, 1.807) is 0 Å². The Bertz CT molecular complexity index is 1160. The Morgan fingerprint density at radius 3 is 0.305 bits per heavy atom. The molecular weight excluding hydrogens is 1490 g/mol. The Balaban J connectivity index is -0.0000000900. The molecule has 8 nitrogen and oxygen atoms in total. The zero-order chi connectivity index (χ0) is 63.9. The molecule has 0 radical (unpaired) electrons. The summed E-state index contributed by atoms with van der Waals surface area (Å²) in [5.41, 5.74) is 0. The second-order valence-corrected chi connectivity index (χ2v) is 25.8. The molecule has 0 fully saturated rings. The summed E-state index contributed by atoms with van der Waals surface area (Å²) in [5.74, 6) is 0. The standard InChI is InChI=1S/8C7H15NS2.2Mo/c8*1-3-5-6-8(4-2)7(9)10;;/h8*3-6H2,1-2H3,(H,9,10);;/q;;;;;;;;2*+4/p-8. The minimum Gasteiger partial charge on any atom is -0.411 e. The molecule has 0 heterocycles. The van der Waals surface area contributed by atoms with E-state index in [1.165, 1.54) is 103 Å². The van der Waals surface area contributed by atoms with E-state index in [9.17, 15) is 0 Å². The topological polar surface area (TPSA) is 25.9 Å². The third-order valence-corrected chi connectivity index (χ3v) is 15.5. The van der Waals surface area contributed by atoms with Crippen LogP contribution >= 0.6 is 97.7 Å². The average molecular weight is 1600 g/mol. The molecule has 0 N–H and O–H groups in total.